The second-order valence-electron chi connectivity index (χ2n) is 7.32. The third kappa shape index (κ3) is 5.15. The molecule has 2 heterocycles. The van der Waals surface area contributed by atoms with Gasteiger partial charge in [-0.2, -0.15) is 0 Å². The third-order valence-corrected chi connectivity index (χ3v) is 5.02. The summed E-state index contributed by atoms with van der Waals surface area (Å²) in [6, 6.07) is 20.4. The molecule has 0 atom stereocenters. The molecule has 30 heavy (non-hydrogen) atoms. The Kier molecular flexibility index (Phi) is 6.25. The summed E-state index contributed by atoms with van der Waals surface area (Å²) in [6.07, 6.45) is 2.57. The predicted molar refractivity (Wildman–Crippen MR) is 115 cm³/mol. The number of aromatic nitrogens is 1. The van der Waals surface area contributed by atoms with Crippen LogP contribution in [0.1, 0.15) is 16.8 Å². The standard InChI is InChI=1S/C24H25N3O3/c1-26-14-5-15-27(17-16-26)24(28)19-8-13-23(25-18-19)30-22-11-9-21(10-12-22)29-20-6-3-2-4-7-20/h2-4,6-13,18H,5,14-17H2,1H3. The maximum atomic E-state index is 12.7. The van der Waals surface area contributed by atoms with Gasteiger partial charge in [-0.1, -0.05) is 18.2 Å². The van der Waals surface area contributed by atoms with E-state index in [0.717, 1.165) is 44.1 Å². The molecule has 4 rings (SSSR count). The van der Waals surface area contributed by atoms with E-state index in [1.165, 1.54) is 0 Å². The summed E-state index contributed by atoms with van der Waals surface area (Å²) in [5.74, 6) is 2.62. The largest absolute Gasteiger partial charge is 0.457 e. The first kappa shape index (κ1) is 19.9. The van der Waals surface area contributed by atoms with E-state index in [2.05, 4.69) is 16.9 Å². The van der Waals surface area contributed by atoms with E-state index in [0.29, 0.717) is 17.2 Å². The molecule has 0 unspecified atom stereocenters. The van der Waals surface area contributed by atoms with E-state index in [-0.39, 0.29) is 5.91 Å². The highest BCUT2D eigenvalue weighted by Gasteiger charge is 2.19. The summed E-state index contributed by atoms with van der Waals surface area (Å²) in [5, 5.41) is 0. The van der Waals surface area contributed by atoms with Gasteiger partial charge >= 0.3 is 0 Å². The van der Waals surface area contributed by atoms with Gasteiger partial charge in [-0.3, -0.25) is 4.79 Å². The van der Waals surface area contributed by atoms with Crippen LogP contribution in [0.15, 0.2) is 72.9 Å². The van der Waals surface area contributed by atoms with Crippen LogP contribution in [0, 0.1) is 0 Å². The number of benzene rings is 2. The van der Waals surface area contributed by atoms with Crippen molar-refractivity contribution in [1.29, 1.82) is 0 Å². The SMILES string of the molecule is CN1CCCN(C(=O)c2ccc(Oc3ccc(Oc4ccccc4)cc3)nc2)CC1. The van der Waals surface area contributed by atoms with Crippen LogP contribution in [0.3, 0.4) is 0 Å². The van der Waals surface area contributed by atoms with Gasteiger partial charge in [-0.25, -0.2) is 4.98 Å². The second kappa shape index (κ2) is 9.41. The van der Waals surface area contributed by atoms with E-state index in [1.54, 1.807) is 18.3 Å². The average molecular weight is 403 g/mol. The Bertz CT molecular complexity index is 959. The Morgan fingerprint density at radius 2 is 1.50 bits per heavy atom. The zero-order valence-corrected chi connectivity index (χ0v) is 17.0. The number of hydrogen-bond donors (Lipinski definition) is 0. The van der Waals surface area contributed by atoms with Crippen molar-refractivity contribution in [3.8, 4) is 23.1 Å². The normalized spacial score (nSPS) is 14.8. The van der Waals surface area contributed by atoms with Crippen molar-refractivity contribution in [2.24, 2.45) is 0 Å². The van der Waals surface area contributed by atoms with Crippen molar-refractivity contribution in [2.75, 3.05) is 33.2 Å². The van der Waals surface area contributed by atoms with Gasteiger partial charge in [0.25, 0.3) is 5.91 Å². The van der Waals surface area contributed by atoms with E-state index < -0.39 is 0 Å². The average Bonchev–Trinajstić information content (AvgIpc) is 3.00. The van der Waals surface area contributed by atoms with Gasteiger partial charge in [0, 0.05) is 31.9 Å². The summed E-state index contributed by atoms with van der Waals surface area (Å²) < 4.78 is 11.6. The van der Waals surface area contributed by atoms with E-state index in [1.807, 2.05) is 59.5 Å². The Morgan fingerprint density at radius 3 is 2.20 bits per heavy atom. The lowest BCUT2D eigenvalue weighted by atomic mass is 10.2. The number of amides is 1. The Balaban J connectivity index is 1.35. The van der Waals surface area contributed by atoms with Crippen LogP contribution in [0.4, 0.5) is 0 Å². The Labute approximate surface area is 176 Å². The number of carbonyl (C=O) groups is 1. The molecule has 6 nitrogen and oxygen atoms in total. The lowest BCUT2D eigenvalue weighted by Gasteiger charge is -2.20. The summed E-state index contributed by atoms with van der Waals surface area (Å²) in [7, 11) is 2.09. The van der Waals surface area contributed by atoms with Crippen molar-refractivity contribution in [3.63, 3.8) is 0 Å². The fraction of sp³-hybridized carbons (Fsp3) is 0.250. The molecule has 0 bridgehead atoms. The molecule has 6 heteroatoms. The summed E-state index contributed by atoms with van der Waals surface area (Å²) in [5.41, 5.74) is 0.582. The number of likely N-dealkylation sites (N-methyl/N-ethyl adjacent to an activating group) is 1. The monoisotopic (exact) mass is 403 g/mol. The first-order chi connectivity index (χ1) is 14.7. The minimum absolute atomic E-state index is 0.0202. The highest BCUT2D eigenvalue weighted by Crippen LogP contribution is 2.26. The van der Waals surface area contributed by atoms with Crippen molar-refractivity contribution in [3.05, 3.63) is 78.5 Å². The van der Waals surface area contributed by atoms with Crippen LogP contribution in [-0.2, 0) is 0 Å². The second-order valence-corrected chi connectivity index (χ2v) is 7.32. The number of pyridine rings is 1. The quantitative estimate of drug-likeness (QED) is 0.630. The van der Waals surface area contributed by atoms with Crippen LogP contribution in [-0.4, -0.2) is 53.9 Å². The highest BCUT2D eigenvalue weighted by molar-refractivity contribution is 5.94. The van der Waals surface area contributed by atoms with Crippen LogP contribution in [0.2, 0.25) is 0 Å². The summed E-state index contributed by atoms with van der Waals surface area (Å²) in [6.45, 7) is 3.43. The molecule has 0 N–H and O–H groups in total. The molecule has 0 spiro atoms. The molecule has 3 aromatic rings. The molecule has 0 aliphatic carbocycles. The molecule has 0 saturated carbocycles. The van der Waals surface area contributed by atoms with Crippen LogP contribution >= 0.6 is 0 Å². The molecule has 1 aromatic heterocycles. The van der Waals surface area contributed by atoms with Crippen LogP contribution in [0.5, 0.6) is 23.1 Å². The van der Waals surface area contributed by atoms with E-state index >= 15 is 0 Å². The molecule has 1 aliphatic rings. The highest BCUT2D eigenvalue weighted by atomic mass is 16.5. The van der Waals surface area contributed by atoms with Crippen molar-refractivity contribution < 1.29 is 14.3 Å². The number of hydrogen-bond acceptors (Lipinski definition) is 5. The fourth-order valence-corrected chi connectivity index (χ4v) is 3.32. The predicted octanol–water partition coefficient (Wildman–Crippen LogP) is 4.44. The molecule has 1 aliphatic heterocycles. The number of rotatable bonds is 5. The lowest BCUT2D eigenvalue weighted by molar-refractivity contribution is 0.0762. The Morgan fingerprint density at radius 1 is 0.800 bits per heavy atom. The van der Waals surface area contributed by atoms with Crippen molar-refractivity contribution in [2.45, 2.75) is 6.42 Å². The molecule has 2 aromatic carbocycles. The minimum atomic E-state index is 0.0202. The molecule has 1 amide bonds. The van der Waals surface area contributed by atoms with Gasteiger partial charge in [0.2, 0.25) is 5.88 Å². The minimum Gasteiger partial charge on any atom is -0.457 e. The number of carbonyl (C=O) groups excluding carboxylic acids is 1. The molecule has 1 saturated heterocycles. The van der Waals surface area contributed by atoms with Crippen LogP contribution in [0.25, 0.3) is 0 Å². The zero-order valence-electron chi connectivity index (χ0n) is 17.0. The fourth-order valence-electron chi connectivity index (χ4n) is 3.32. The summed E-state index contributed by atoms with van der Waals surface area (Å²) >= 11 is 0. The first-order valence-corrected chi connectivity index (χ1v) is 10.1. The lowest BCUT2D eigenvalue weighted by Crippen LogP contribution is -2.34. The third-order valence-electron chi connectivity index (χ3n) is 5.02. The maximum Gasteiger partial charge on any atom is 0.255 e. The van der Waals surface area contributed by atoms with Gasteiger partial charge in [-0.05, 0) is 62.5 Å². The van der Waals surface area contributed by atoms with Gasteiger partial charge in [0.15, 0.2) is 0 Å². The van der Waals surface area contributed by atoms with Gasteiger partial charge < -0.3 is 19.3 Å². The summed E-state index contributed by atoms with van der Waals surface area (Å²) in [4.78, 5) is 21.2. The number of para-hydroxylation sites is 1. The zero-order chi connectivity index (χ0) is 20.8. The van der Waals surface area contributed by atoms with Crippen molar-refractivity contribution >= 4 is 5.91 Å². The molecule has 154 valence electrons. The van der Waals surface area contributed by atoms with E-state index in [9.17, 15) is 4.79 Å². The molecular weight excluding hydrogens is 378 g/mol. The first-order valence-electron chi connectivity index (χ1n) is 10.1. The van der Waals surface area contributed by atoms with Crippen LogP contribution < -0.4 is 9.47 Å². The Hall–Kier alpha value is -3.38. The van der Waals surface area contributed by atoms with Gasteiger partial charge in [0.1, 0.15) is 17.2 Å². The van der Waals surface area contributed by atoms with E-state index in [4.69, 9.17) is 9.47 Å². The molecule has 0 radical (unpaired) electrons. The number of ether oxygens (including phenoxy) is 2. The molecular formula is C24H25N3O3. The van der Waals surface area contributed by atoms with Crippen molar-refractivity contribution in [1.82, 2.24) is 14.8 Å². The number of nitrogens with zero attached hydrogens (tertiary/aromatic N) is 3. The maximum absolute atomic E-state index is 12.7. The molecule has 1 fully saturated rings. The van der Waals surface area contributed by atoms with Gasteiger partial charge in [0.05, 0.1) is 5.56 Å². The smallest absolute Gasteiger partial charge is 0.255 e. The topological polar surface area (TPSA) is 54.9 Å². The van der Waals surface area contributed by atoms with Gasteiger partial charge in [-0.15, -0.1) is 0 Å².